The van der Waals surface area contributed by atoms with E-state index in [1.54, 1.807) is 19.1 Å². The van der Waals surface area contributed by atoms with Gasteiger partial charge in [-0.1, -0.05) is 25.7 Å². The first-order chi connectivity index (χ1) is 10.2. The fourth-order valence-electron chi connectivity index (χ4n) is 2.61. The number of nitrogens with zero attached hydrogens (tertiary/aromatic N) is 1. The minimum absolute atomic E-state index is 0.0813. The number of hydrogen-bond acceptors (Lipinski definition) is 4. The molecular weight excluding hydrogens is 268 g/mol. The van der Waals surface area contributed by atoms with Crippen LogP contribution in [0.4, 0.5) is 0 Å². The number of pyridine rings is 1. The SMILES string of the molecule is Cc1ccc(OCC(=O)NC2CCCCCC2)c(C=O)n1. The van der Waals surface area contributed by atoms with Crippen LogP contribution in [0, 0.1) is 6.92 Å². The molecule has 114 valence electrons. The Morgan fingerprint density at radius 3 is 2.71 bits per heavy atom. The molecular formula is C16H22N2O3. The zero-order valence-electron chi connectivity index (χ0n) is 12.4. The van der Waals surface area contributed by atoms with E-state index in [4.69, 9.17) is 4.74 Å². The van der Waals surface area contributed by atoms with Crippen molar-refractivity contribution in [2.75, 3.05) is 6.61 Å². The highest BCUT2D eigenvalue weighted by molar-refractivity contribution is 5.79. The quantitative estimate of drug-likeness (QED) is 0.668. The maximum atomic E-state index is 11.9. The van der Waals surface area contributed by atoms with E-state index < -0.39 is 0 Å². The summed E-state index contributed by atoms with van der Waals surface area (Å²) in [6.45, 7) is 1.72. The van der Waals surface area contributed by atoms with Crippen molar-refractivity contribution >= 4 is 12.2 Å². The summed E-state index contributed by atoms with van der Waals surface area (Å²) < 4.78 is 5.41. The van der Waals surface area contributed by atoms with Gasteiger partial charge in [-0.2, -0.15) is 0 Å². The number of aromatic nitrogens is 1. The molecule has 0 bridgehead atoms. The highest BCUT2D eigenvalue weighted by atomic mass is 16.5. The van der Waals surface area contributed by atoms with Crippen LogP contribution < -0.4 is 10.1 Å². The normalized spacial score (nSPS) is 16.0. The van der Waals surface area contributed by atoms with Crippen molar-refractivity contribution in [1.29, 1.82) is 0 Å². The second-order valence-electron chi connectivity index (χ2n) is 5.50. The van der Waals surface area contributed by atoms with E-state index in [2.05, 4.69) is 10.3 Å². The van der Waals surface area contributed by atoms with Crippen molar-refractivity contribution in [2.24, 2.45) is 0 Å². The molecule has 5 heteroatoms. The number of aryl methyl sites for hydroxylation is 1. The standard InChI is InChI=1S/C16H22N2O3/c1-12-8-9-15(14(10-19)17-12)21-11-16(20)18-13-6-4-2-3-5-7-13/h8-10,13H,2-7,11H2,1H3,(H,18,20). The molecule has 1 aliphatic carbocycles. The van der Waals surface area contributed by atoms with Gasteiger partial charge in [0.25, 0.3) is 5.91 Å². The van der Waals surface area contributed by atoms with Gasteiger partial charge < -0.3 is 10.1 Å². The average Bonchev–Trinajstić information content (AvgIpc) is 2.74. The molecule has 1 aliphatic rings. The van der Waals surface area contributed by atoms with E-state index >= 15 is 0 Å². The van der Waals surface area contributed by atoms with Crippen LogP contribution >= 0.6 is 0 Å². The maximum Gasteiger partial charge on any atom is 0.258 e. The third kappa shape index (κ3) is 4.85. The predicted molar refractivity (Wildman–Crippen MR) is 79.5 cm³/mol. The van der Waals surface area contributed by atoms with Gasteiger partial charge in [0.1, 0.15) is 11.4 Å². The van der Waals surface area contributed by atoms with E-state index in [0.29, 0.717) is 12.0 Å². The van der Waals surface area contributed by atoms with E-state index in [1.807, 2.05) is 0 Å². The largest absolute Gasteiger partial charge is 0.481 e. The molecule has 0 aliphatic heterocycles. The van der Waals surface area contributed by atoms with Crippen LogP contribution in [0.15, 0.2) is 12.1 Å². The second kappa shape index (κ2) is 7.76. The fourth-order valence-corrected chi connectivity index (χ4v) is 2.61. The zero-order valence-corrected chi connectivity index (χ0v) is 12.4. The van der Waals surface area contributed by atoms with Crippen molar-refractivity contribution in [3.63, 3.8) is 0 Å². The summed E-state index contributed by atoms with van der Waals surface area (Å²) in [7, 11) is 0. The minimum atomic E-state index is -0.140. The third-order valence-corrected chi connectivity index (χ3v) is 3.72. The molecule has 0 radical (unpaired) electrons. The Bertz CT molecular complexity index is 494. The minimum Gasteiger partial charge on any atom is -0.481 e. The van der Waals surface area contributed by atoms with Crippen LogP contribution in [-0.4, -0.2) is 29.8 Å². The summed E-state index contributed by atoms with van der Waals surface area (Å²) in [6, 6.07) is 3.68. The molecule has 1 heterocycles. The number of carbonyl (C=O) groups excluding carboxylic acids is 2. The lowest BCUT2D eigenvalue weighted by Gasteiger charge is -2.16. The number of hydrogen-bond donors (Lipinski definition) is 1. The fraction of sp³-hybridized carbons (Fsp3) is 0.562. The molecule has 0 spiro atoms. The van der Waals surface area contributed by atoms with E-state index in [9.17, 15) is 9.59 Å². The van der Waals surface area contributed by atoms with Gasteiger partial charge in [0.2, 0.25) is 0 Å². The number of rotatable bonds is 5. The van der Waals surface area contributed by atoms with Gasteiger partial charge in [-0.15, -0.1) is 0 Å². The summed E-state index contributed by atoms with van der Waals surface area (Å²) in [4.78, 5) is 26.9. The monoisotopic (exact) mass is 290 g/mol. The van der Waals surface area contributed by atoms with Crippen molar-refractivity contribution in [3.05, 3.63) is 23.5 Å². The highest BCUT2D eigenvalue weighted by Gasteiger charge is 2.15. The summed E-state index contributed by atoms with van der Waals surface area (Å²) in [5, 5.41) is 3.01. The summed E-state index contributed by atoms with van der Waals surface area (Å²) in [5.74, 6) is 0.214. The van der Waals surface area contributed by atoms with Crippen molar-refractivity contribution in [1.82, 2.24) is 10.3 Å². The Kier molecular flexibility index (Phi) is 5.72. The first-order valence-electron chi connectivity index (χ1n) is 7.54. The Morgan fingerprint density at radius 2 is 2.05 bits per heavy atom. The Balaban J connectivity index is 1.84. The van der Waals surface area contributed by atoms with Gasteiger partial charge in [-0.3, -0.25) is 9.59 Å². The second-order valence-corrected chi connectivity index (χ2v) is 5.50. The van der Waals surface area contributed by atoms with Crippen molar-refractivity contribution in [2.45, 2.75) is 51.5 Å². The molecule has 0 aromatic carbocycles. The first-order valence-corrected chi connectivity index (χ1v) is 7.54. The van der Waals surface area contributed by atoms with Gasteiger partial charge in [0.05, 0.1) is 0 Å². The van der Waals surface area contributed by atoms with Crippen LogP contribution in [0.2, 0.25) is 0 Å². The molecule has 1 aromatic heterocycles. The van der Waals surface area contributed by atoms with Gasteiger partial charge >= 0.3 is 0 Å². The molecule has 5 nitrogen and oxygen atoms in total. The topological polar surface area (TPSA) is 68.3 Å². The molecule has 2 rings (SSSR count). The Hall–Kier alpha value is -1.91. The lowest BCUT2D eigenvalue weighted by Crippen LogP contribution is -2.37. The molecule has 0 saturated heterocycles. The van der Waals surface area contributed by atoms with Crippen LogP contribution in [-0.2, 0) is 4.79 Å². The smallest absolute Gasteiger partial charge is 0.258 e. The zero-order chi connectivity index (χ0) is 15.1. The van der Waals surface area contributed by atoms with Crippen LogP contribution in [0.3, 0.4) is 0 Å². The van der Waals surface area contributed by atoms with Gasteiger partial charge in [-0.25, -0.2) is 4.98 Å². The number of nitrogens with one attached hydrogen (secondary N) is 1. The molecule has 0 unspecified atom stereocenters. The van der Waals surface area contributed by atoms with E-state index in [1.165, 1.54) is 25.7 Å². The lowest BCUT2D eigenvalue weighted by molar-refractivity contribution is -0.123. The van der Waals surface area contributed by atoms with Gasteiger partial charge in [-0.05, 0) is 31.9 Å². The first kappa shape index (κ1) is 15.5. The molecule has 1 saturated carbocycles. The summed E-state index contributed by atoms with van der Waals surface area (Å²) >= 11 is 0. The highest BCUT2D eigenvalue weighted by Crippen LogP contribution is 2.17. The summed E-state index contributed by atoms with van der Waals surface area (Å²) in [5.41, 5.74) is 0.977. The number of ether oxygens (including phenoxy) is 1. The molecule has 1 amide bonds. The number of carbonyl (C=O) groups is 2. The van der Waals surface area contributed by atoms with Gasteiger partial charge in [0, 0.05) is 11.7 Å². The lowest BCUT2D eigenvalue weighted by atomic mass is 10.1. The Labute approximate surface area is 125 Å². The number of aldehydes is 1. The number of amides is 1. The maximum absolute atomic E-state index is 11.9. The van der Waals surface area contributed by atoms with Crippen molar-refractivity contribution < 1.29 is 14.3 Å². The molecule has 1 fully saturated rings. The third-order valence-electron chi connectivity index (χ3n) is 3.72. The van der Waals surface area contributed by atoms with Gasteiger partial charge in [0.15, 0.2) is 12.9 Å². The molecule has 1 aromatic rings. The summed E-state index contributed by atoms with van der Waals surface area (Å²) in [6.07, 6.45) is 7.56. The molecule has 1 N–H and O–H groups in total. The van der Waals surface area contributed by atoms with E-state index in [0.717, 1.165) is 18.5 Å². The van der Waals surface area contributed by atoms with Crippen LogP contribution in [0.25, 0.3) is 0 Å². The Morgan fingerprint density at radius 1 is 1.33 bits per heavy atom. The molecule has 21 heavy (non-hydrogen) atoms. The van der Waals surface area contributed by atoms with Crippen LogP contribution in [0.5, 0.6) is 5.75 Å². The predicted octanol–water partition coefficient (Wildman–Crippen LogP) is 2.42. The average molecular weight is 290 g/mol. The van der Waals surface area contributed by atoms with Crippen LogP contribution in [0.1, 0.15) is 54.7 Å². The van der Waals surface area contributed by atoms with Crippen molar-refractivity contribution in [3.8, 4) is 5.75 Å². The van der Waals surface area contributed by atoms with E-state index in [-0.39, 0.29) is 24.2 Å². The molecule has 0 atom stereocenters.